The molecule has 2 heteroatoms. The molecular weight excluding hydrogens is 208 g/mol. The maximum absolute atomic E-state index is 7.36. The number of nitrogens with one attached hydrogen (secondary N) is 1. The van der Waals surface area contributed by atoms with E-state index in [9.17, 15) is 0 Å². The van der Waals surface area contributed by atoms with Gasteiger partial charge in [-0.2, -0.15) is 0 Å². The van der Waals surface area contributed by atoms with Crippen LogP contribution in [0.5, 0.6) is 0 Å². The van der Waals surface area contributed by atoms with Gasteiger partial charge >= 0.3 is 0 Å². The molecule has 2 aromatic rings. The number of benzene rings is 2. The zero-order chi connectivity index (χ0) is 12.4. The van der Waals surface area contributed by atoms with E-state index in [2.05, 4.69) is 32.0 Å². The molecule has 0 aromatic heterocycles. The Labute approximate surface area is 102 Å². The molecule has 0 bridgehead atoms. The van der Waals surface area contributed by atoms with Gasteiger partial charge in [0.2, 0.25) is 0 Å². The fraction of sp³-hybridized carbons (Fsp3) is 0.133. The van der Waals surface area contributed by atoms with Crippen molar-refractivity contribution in [2.75, 3.05) is 0 Å². The molecule has 2 nitrogen and oxygen atoms in total. The van der Waals surface area contributed by atoms with Crippen LogP contribution in [0.4, 0.5) is 0 Å². The molecule has 0 heterocycles. The van der Waals surface area contributed by atoms with Gasteiger partial charge in [0, 0.05) is 5.56 Å². The molecule has 17 heavy (non-hydrogen) atoms. The first-order valence-electron chi connectivity index (χ1n) is 5.60. The highest BCUT2D eigenvalue weighted by Gasteiger charge is 2.02. The highest BCUT2D eigenvalue weighted by Crippen LogP contribution is 2.24. The van der Waals surface area contributed by atoms with Crippen molar-refractivity contribution >= 4 is 5.84 Å². The van der Waals surface area contributed by atoms with Gasteiger partial charge < -0.3 is 5.73 Å². The molecule has 2 aromatic carbocycles. The van der Waals surface area contributed by atoms with Gasteiger partial charge in [0.25, 0.3) is 0 Å². The van der Waals surface area contributed by atoms with Crippen molar-refractivity contribution in [1.29, 1.82) is 5.41 Å². The maximum Gasteiger partial charge on any atom is 0.122 e. The van der Waals surface area contributed by atoms with Crippen LogP contribution in [0, 0.1) is 19.3 Å². The molecule has 0 saturated heterocycles. The standard InChI is InChI=1S/C15H16N2/c1-10-3-8-14(11(2)9-10)12-4-6-13(7-5-12)15(16)17/h3-9H,1-2H3,(H3,16,17). The summed E-state index contributed by atoms with van der Waals surface area (Å²) in [5.74, 6) is 0.108. The van der Waals surface area contributed by atoms with Crippen LogP contribution < -0.4 is 5.73 Å². The molecule has 2 rings (SSSR count). The molecule has 0 aliphatic heterocycles. The second-order valence-corrected chi connectivity index (χ2v) is 4.31. The Morgan fingerprint density at radius 2 is 1.65 bits per heavy atom. The Balaban J connectivity index is 2.43. The quantitative estimate of drug-likeness (QED) is 0.597. The second kappa shape index (κ2) is 4.42. The third-order valence-electron chi connectivity index (χ3n) is 2.89. The maximum atomic E-state index is 7.36. The topological polar surface area (TPSA) is 49.9 Å². The monoisotopic (exact) mass is 224 g/mol. The summed E-state index contributed by atoms with van der Waals surface area (Å²) in [4.78, 5) is 0. The van der Waals surface area contributed by atoms with Crippen LogP contribution in [0.3, 0.4) is 0 Å². The zero-order valence-electron chi connectivity index (χ0n) is 10.1. The lowest BCUT2D eigenvalue weighted by atomic mass is 9.98. The normalized spacial score (nSPS) is 10.2. The summed E-state index contributed by atoms with van der Waals surface area (Å²) in [6, 6.07) is 14.2. The van der Waals surface area contributed by atoms with Crippen LogP contribution in [0.15, 0.2) is 42.5 Å². The van der Waals surface area contributed by atoms with Gasteiger partial charge in [-0.1, -0.05) is 48.0 Å². The minimum absolute atomic E-state index is 0.108. The van der Waals surface area contributed by atoms with E-state index in [0.717, 1.165) is 11.1 Å². The predicted molar refractivity (Wildman–Crippen MR) is 72.4 cm³/mol. The summed E-state index contributed by atoms with van der Waals surface area (Å²) in [5.41, 5.74) is 11.1. The Morgan fingerprint density at radius 1 is 1.00 bits per heavy atom. The van der Waals surface area contributed by atoms with Crippen LogP contribution >= 0.6 is 0 Å². The third kappa shape index (κ3) is 2.36. The van der Waals surface area contributed by atoms with E-state index in [-0.39, 0.29) is 5.84 Å². The van der Waals surface area contributed by atoms with E-state index >= 15 is 0 Å². The molecule has 0 saturated carbocycles. The fourth-order valence-electron chi connectivity index (χ4n) is 1.97. The molecule has 0 aliphatic rings. The van der Waals surface area contributed by atoms with E-state index in [1.807, 2.05) is 24.3 Å². The number of rotatable bonds is 2. The number of hydrogen-bond acceptors (Lipinski definition) is 1. The summed E-state index contributed by atoms with van der Waals surface area (Å²) >= 11 is 0. The summed E-state index contributed by atoms with van der Waals surface area (Å²) in [7, 11) is 0. The van der Waals surface area contributed by atoms with Crippen molar-refractivity contribution < 1.29 is 0 Å². The first-order chi connectivity index (χ1) is 8.08. The summed E-state index contributed by atoms with van der Waals surface area (Å²) in [6.07, 6.45) is 0. The second-order valence-electron chi connectivity index (χ2n) is 4.31. The number of nitrogens with two attached hydrogens (primary N) is 1. The van der Waals surface area contributed by atoms with Crippen LogP contribution in [-0.4, -0.2) is 5.84 Å². The lowest BCUT2D eigenvalue weighted by Crippen LogP contribution is -2.10. The van der Waals surface area contributed by atoms with E-state index < -0.39 is 0 Å². The van der Waals surface area contributed by atoms with E-state index in [1.165, 1.54) is 16.7 Å². The highest BCUT2D eigenvalue weighted by atomic mass is 14.7. The van der Waals surface area contributed by atoms with Gasteiger partial charge in [-0.3, -0.25) is 5.41 Å². The van der Waals surface area contributed by atoms with E-state index in [1.54, 1.807) is 0 Å². The molecule has 0 spiro atoms. The predicted octanol–water partition coefficient (Wildman–Crippen LogP) is 3.25. The summed E-state index contributed by atoms with van der Waals surface area (Å²) < 4.78 is 0. The largest absolute Gasteiger partial charge is 0.384 e. The molecule has 3 N–H and O–H groups in total. The van der Waals surface area contributed by atoms with Gasteiger partial charge in [0.1, 0.15) is 5.84 Å². The van der Waals surface area contributed by atoms with Crippen molar-refractivity contribution in [2.24, 2.45) is 5.73 Å². The van der Waals surface area contributed by atoms with Crippen LogP contribution in [0.25, 0.3) is 11.1 Å². The van der Waals surface area contributed by atoms with E-state index in [0.29, 0.717) is 0 Å². The van der Waals surface area contributed by atoms with Crippen molar-refractivity contribution in [3.63, 3.8) is 0 Å². The van der Waals surface area contributed by atoms with Gasteiger partial charge in [0.05, 0.1) is 0 Å². The molecule has 0 radical (unpaired) electrons. The SMILES string of the molecule is Cc1ccc(-c2ccc(C(=N)N)cc2)c(C)c1. The average Bonchev–Trinajstić information content (AvgIpc) is 2.29. The minimum Gasteiger partial charge on any atom is -0.384 e. The molecule has 0 amide bonds. The first kappa shape index (κ1) is 11.4. The molecule has 0 atom stereocenters. The van der Waals surface area contributed by atoms with Crippen LogP contribution in [0.1, 0.15) is 16.7 Å². The van der Waals surface area contributed by atoms with Gasteiger partial charge in [-0.25, -0.2) is 0 Å². The lowest BCUT2D eigenvalue weighted by molar-refractivity contribution is 1.38. The Bertz CT molecular complexity index is 554. The van der Waals surface area contributed by atoms with Crippen molar-refractivity contribution in [2.45, 2.75) is 13.8 Å². The van der Waals surface area contributed by atoms with Crippen molar-refractivity contribution in [3.05, 3.63) is 59.2 Å². The lowest BCUT2D eigenvalue weighted by Gasteiger charge is -2.08. The first-order valence-corrected chi connectivity index (χ1v) is 5.60. The minimum atomic E-state index is 0.108. The molecule has 0 fully saturated rings. The Hall–Kier alpha value is -2.09. The van der Waals surface area contributed by atoms with Gasteiger partial charge in [-0.05, 0) is 30.5 Å². The number of aryl methyl sites for hydroxylation is 2. The third-order valence-corrected chi connectivity index (χ3v) is 2.89. The van der Waals surface area contributed by atoms with Crippen molar-refractivity contribution in [3.8, 4) is 11.1 Å². The molecule has 86 valence electrons. The number of amidine groups is 1. The molecule has 0 unspecified atom stereocenters. The van der Waals surface area contributed by atoms with Crippen LogP contribution in [0.2, 0.25) is 0 Å². The summed E-state index contributed by atoms with van der Waals surface area (Å²) in [6.45, 7) is 4.21. The number of nitrogen functional groups attached to an aromatic ring is 1. The Morgan fingerprint density at radius 3 is 2.18 bits per heavy atom. The average molecular weight is 224 g/mol. The van der Waals surface area contributed by atoms with Gasteiger partial charge in [-0.15, -0.1) is 0 Å². The number of hydrogen-bond donors (Lipinski definition) is 2. The Kier molecular flexibility index (Phi) is 2.96. The van der Waals surface area contributed by atoms with Crippen LogP contribution in [-0.2, 0) is 0 Å². The zero-order valence-corrected chi connectivity index (χ0v) is 10.1. The smallest absolute Gasteiger partial charge is 0.122 e. The van der Waals surface area contributed by atoms with Crippen molar-refractivity contribution in [1.82, 2.24) is 0 Å². The molecule has 0 aliphatic carbocycles. The highest BCUT2D eigenvalue weighted by molar-refractivity contribution is 5.95. The molecular formula is C15H16N2. The van der Waals surface area contributed by atoms with E-state index in [4.69, 9.17) is 11.1 Å². The fourth-order valence-corrected chi connectivity index (χ4v) is 1.97. The van der Waals surface area contributed by atoms with Gasteiger partial charge in [0.15, 0.2) is 0 Å². The summed E-state index contributed by atoms with van der Waals surface area (Å²) in [5, 5.41) is 7.36.